The SMILES string of the molecule is CCS(=O)(=O)Nc1cccc(C(=O)Nc2ccc3sncc3c2)c1. The zero-order valence-corrected chi connectivity index (χ0v) is 14.4. The molecule has 0 fully saturated rings. The predicted molar refractivity (Wildman–Crippen MR) is 97.1 cm³/mol. The van der Waals surface area contributed by atoms with E-state index in [1.165, 1.54) is 17.6 Å². The molecule has 24 heavy (non-hydrogen) atoms. The van der Waals surface area contributed by atoms with Crippen molar-refractivity contribution in [3.05, 3.63) is 54.2 Å². The van der Waals surface area contributed by atoms with Crippen molar-refractivity contribution in [2.75, 3.05) is 15.8 Å². The van der Waals surface area contributed by atoms with Crippen molar-refractivity contribution in [2.24, 2.45) is 0 Å². The van der Waals surface area contributed by atoms with E-state index in [9.17, 15) is 13.2 Å². The van der Waals surface area contributed by atoms with Gasteiger partial charge in [0.1, 0.15) is 0 Å². The molecule has 0 saturated carbocycles. The topological polar surface area (TPSA) is 88.2 Å². The molecule has 1 amide bonds. The first-order valence-electron chi connectivity index (χ1n) is 7.23. The summed E-state index contributed by atoms with van der Waals surface area (Å²) in [5.74, 6) is -0.340. The van der Waals surface area contributed by atoms with E-state index in [1.807, 2.05) is 18.2 Å². The van der Waals surface area contributed by atoms with Gasteiger partial charge in [0.15, 0.2) is 0 Å². The maximum atomic E-state index is 12.4. The number of carbonyl (C=O) groups is 1. The number of amides is 1. The Labute approximate surface area is 143 Å². The van der Waals surface area contributed by atoms with Crippen LogP contribution in [0.1, 0.15) is 17.3 Å². The Morgan fingerprint density at radius 1 is 1.17 bits per heavy atom. The van der Waals surface area contributed by atoms with Crippen molar-refractivity contribution in [1.82, 2.24) is 4.37 Å². The van der Waals surface area contributed by atoms with Crippen LogP contribution < -0.4 is 10.0 Å². The van der Waals surface area contributed by atoms with Gasteiger partial charge in [0.2, 0.25) is 10.0 Å². The molecule has 124 valence electrons. The number of aromatic nitrogens is 1. The molecule has 6 nitrogen and oxygen atoms in total. The molecule has 0 atom stereocenters. The van der Waals surface area contributed by atoms with Crippen LogP contribution in [-0.4, -0.2) is 24.5 Å². The number of sulfonamides is 1. The third kappa shape index (κ3) is 3.72. The highest BCUT2D eigenvalue weighted by Crippen LogP contribution is 2.22. The largest absolute Gasteiger partial charge is 0.322 e. The molecule has 3 aromatic rings. The highest BCUT2D eigenvalue weighted by Gasteiger charge is 2.11. The summed E-state index contributed by atoms with van der Waals surface area (Å²) in [5.41, 5.74) is 1.39. The van der Waals surface area contributed by atoms with Crippen molar-refractivity contribution >= 4 is 48.9 Å². The average molecular weight is 361 g/mol. The Bertz CT molecular complexity index is 996. The average Bonchev–Trinajstić information content (AvgIpc) is 3.02. The van der Waals surface area contributed by atoms with E-state index in [4.69, 9.17) is 0 Å². The van der Waals surface area contributed by atoms with Crippen LogP contribution in [0, 0.1) is 0 Å². The van der Waals surface area contributed by atoms with Crippen molar-refractivity contribution in [2.45, 2.75) is 6.92 Å². The van der Waals surface area contributed by atoms with Crippen molar-refractivity contribution in [3.8, 4) is 0 Å². The van der Waals surface area contributed by atoms with Crippen LogP contribution in [0.25, 0.3) is 10.1 Å². The first-order valence-corrected chi connectivity index (χ1v) is 9.66. The summed E-state index contributed by atoms with van der Waals surface area (Å²) >= 11 is 1.39. The van der Waals surface area contributed by atoms with Gasteiger partial charge in [0.05, 0.1) is 10.5 Å². The second-order valence-electron chi connectivity index (χ2n) is 5.12. The Morgan fingerprint density at radius 3 is 2.79 bits per heavy atom. The van der Waals surface area contributed by atoms with Crippen molar-refractivity contribution in [3.63, 3.8) is 0 Å². The number of fused-ring (bicyclic) bond motifs is 1. The first-order chi connectivity index (χ1) is 11.5. The second kappa shape index (κ2) is 6.58. The maximum Gasteiger partial charge on any atom is 0.255 e. The number of nitrogens with one attached hydrogen (secondary N) is 2. The van der Waals surface area contributed by atoms with E-state index in [0.29, 0.717) is 16.9 Å². The Kier molecular flexibility index (Phi) is 4.50. The highest BCUT2D eigenvalue weighted by molar-refractivity contribution is 7.92. The van der Waals surface area contributed by atoms with Crippen LogP contribution in [0.4, 0.5) is 11.4 Å². The number of carbonyl (C=O) groups excluding carboxylic acids is 1. The number of benzene rings is 2. The van der Waals surface area contributed by atoms with Crippen LogP contribution in [-0.2, 0) is 10.0 Å². The Hall–Kier alpha value is -2.45. The molecular formula is C16H15N3O3S2. The van der Waals surface area contributed by atoms with Gasteiger partial charge >= 0.3 is 0 Å². The van der Waals surface area contributed by atoms with Crippen LogP contribution in [0.15, 0.2) is 48.7 Å². The van der Waals surface area contributed by atoms with E-state index in [2.05, 4.69) is 14.4 Å². The lowest BCUT2D eigenvalue weighted by Crippen LogP contribution is -2.16. The molecule has 1 aromatic heterocycles. The molecule has 0 bridgehead atoms. The Balaban J connectivity index is 1.79. The molecule has 2 N–H and O–H groups in total. The summed E-state index contributed by atoms with van der Waals surface area (Å²) in [4.78, 5) is 12.4. The minimum absolute atomic E-state index is 0.0296. The summed E-state index contributed by atoms with van der Waals surface area (Å²) in [6, 6.07) is 11.9. The van der Waals surface area contributed by atoms with Gasteiger partial charge in [0, 0.05) is 28.5 Å². The summed E-state index contributed by atoms with van der Waals surface area (Å²) in [7, 11) is -3.38. The summed E-state index contributed by atoms with van der Waals surface area (Å²) < 4.78 is 30.8. The number of nitrogens with zero attached hydrogens (tertiary/aromatic N) is 1. The highest BCUT2D eigenvalue weighted by atomic mass is 32.2. The molecule has 1 heterocycles. The van der Waals surface area contributed by atoms with Gasteiger partial charge in [-0.1, -0.05) is 6.07 Å². The Morgan fingerprint density at radius 2 is 2.00 bits per heavy atom. The van der Waals surface area contributed by atoms with E-state index in [-0.39, 0.29) is 11.7 Å². The lowest BCUT2D eigenvalue weighted by molar-refractivity contribution is 0.102. The normalized spacial score (nSPS) is 11.4. The minimum atomic E-state index is -3.38. The van der Waals surface area contributed by atoms with E-state index < -0.39 is 10.0 Å². The van der Waals surface area contributed by atoms with Gasteiger partial charge in [-0.3, -0.25) is 9.52 Å². The number of hydrogen-bond acceptors (Lipinski definition) is 5. The van der Waals surface area contributed by atoms with Crippen LogP contribution in [0.3, 0.4) is 0 Å². The van der Waals surface area contributed by atoms with Gasteiger partial charge in [-0.05, 0) is 54.9 Å². The van der Waals surface area contributed by atoms with Gasteiger partial charge < -0.3 is 5.32 Å². The predicted octanol–water partition coefficient (Wildman–Crippen LogP) is 3.31. The third-order valence-electron chi connectivity index (χ3n) is 3.39. The molecule has 0 spiro atoms. The molecule has 2 aromatic carbocycles. The fourth-order valence-corrected chi connectivity index (χ4v) is 3.39. The molecule has 0 aliphatic rings. The van der Waals surface area contributed by atoms with Gasteiger partial charge in [-0.15, -0.1) is 0 Å². The smallest absolute Gasteiger partial charge is 0.255 e. The molecule has 0 saturated heterocycles. The molecule has 3 rings (SSSR count). The van der Waals surface area contributed by atoms with E-state index in [0.717, 1.165) is 10.1 Å². The van der Waals surface area contributed by atoms with Crippen LogP contribution >= 0.6 is 11.5 Å². The molecule has 0 radical (unpaired) electrons. The van der Waals surface area contributed by atoms with E-state index >= 15 is 0 Å². The van der Waals surface area contributed by atoms with Gasteiger partial charge in [-0.2, -0.15) is 4.37 Å². The first kappa shape index (κ1) is 16.4. The number of rotatable bonds is 5. The number of hydrogen-bond donors (Lipinski definition) is 2. The van der Waals surface area contributed by atoms with Crippen molar-refractivity contribution in [1.29, 1.82) is 0 Å². The standard InChI is InChI=1S/C16H15N3O3S2/c1-2-24(21,22)19-14-5-3-4-11(8-14)16(20)18-13-6-7-15-12(9-13)10-17-23-15/h3-10,19H,2H2,1H3,(H,18,20). The molecule has 0 aliphatic carbocycles. The quantitative estimate of drug-likeness (QED) is 0.730. The lowest BCUT2D eigenvalue weighted by Gasteiger charge is -2.09. The minimum Gasteiger partial charge on any atom is -0.322 e. The van der Waals surface area contributed by atoms with Gasteiger partial charge in [-0.25, -0.2) is 8.42 Å². The summed E-state index contributed by atoms with van der Waals surface area (Å²) in [6.07, 6.45) is 1.75. The second-order valence-corrected chi connectivity index (χ2v) is 7.96. The zero-order chi connectivity index (χ0) is 17.2. The summed E-state index contributed by atoms with van der Waals surface area (Å²) in [6.45, 7) is 1.55. The molecule has 0 aliphatic heterocycles. The molecular weight excluding hydrogens is 346 g/mol. The van der Waals surface area contributed by atoms with Crippen molar-refractivity contribution < 1.29 is 13.2 Å². The fourth-order valence-electron chi connectivity index (χ4n) is 2.13. The summed E-state index contributed by atoms with van der Waals surface area (Å²) in [5, 5.41) is 3.77. The maximum absolute atomic E-state index is 12.4. The van der Waals surface area contributed by atoms with Crippen LogP contribution in [0.5, 0.6) is 0 Å². The molecule has 0 unspecified atom stereocenters. The lowest BCUT2D eigenvalue weighted by atomic mass is 10.2. The van der Waals surface area contributed by atoms with Gasteiger partial charge in [0.25, 0.3) is 5.91 Å². The monoisotopic (exact) mass is 361 g/mol. The number of anilines is 2. The zero-order valence-electron chi connectivity index (χ0n) is 12.8. The van der Waals surface area contributed by atoms with E-state index in [1.54, 1.807) is 31.3 Å². The van der Waals surface area contributed by atoms with Crippen LogP contribution in [0.2, 0.25) is 0 Å². The fraction of sp³-hybridized carbons (Fsp3) is 0.125. The molecule has 8 heteroatoms. The third-order valence-corrected chi connectivity index (χ3v) is 5.47.